The number of hydrogen-bond donors (Lipinski definition) is 0. The number of imidazole rings is 1. The van der Waals surface area contributed by atoms with E-state index in [0.29, 0.717) is 6.54 Å². The van der Waals surface area contributed by atoms with Crippen molar-refractivity contribution in [3.8, 4) is 11.6 Å². The van der Waals surface area contributed by atoms with Gasteiger partial charge in [-0.05, 0) is 48.9 Å². The van der Waals surface area contributed by atoms with Gasteiger partial charge in [-0.2, -0.15) is 0 Å². The van der Waals surface area contributed by atoms with Crippen molar-refractivity contribution in [2.75, 3.05) is 0 Å². The van der Waals surface area contributed by atoms with Crippen molar-refractivity contribution in [1.82, 2.24) is 9.55 Å². The van der Waals surface area contributed by atoms with Gasteiger partial charge in [-0.15, -0.1) is 0 Å². The maximum atomic E-state index is 5.98. The monoisotopic (exact) mass is 322 g/mol. The van der Waals surface area contributed by atoms with Crippen molar-refractivity contribution in [1.29, 1.82) is 0 Å². The predicted molar refractivity (Wildman–Crippen MR) is 92.7 cm³/mol. The third-order valence-corrected chi connectivity index (χ3v) is 4.12. The third-order valence-electron chi connectivity index (χ3n) is 3.87. The zero-order valence-corrected chi connectivity index (χ0v) is 13.4. The van der Waals surface area contributed by atoms with Gasteiger partial charge in [0.1, 0.15) is 5.76 Å². The molecule has 0 unspecified atom stereocenters. The van der Waals surface area contributed by atoms with E-state index in [4.69, 9.17) is 21.0 Å². The lowest BCUT2D eigenvalue weighted by molar-refractivity contribution is 0.540. The molecule has 114 valence electrons. The number of fused-ring (bicyclic) bond motifs is 1. The van der Waals surface area contributed by atoms with Crippen molar-refractivity contribution >= 4 is 22.6 Å². The molecule has 2 aromatic carbocycles. The second-order valence-electron chi connectivity index (χ2n) is 5.55. The van der Waals surface area contributed by atoms with Crippen LogP contribution in [0.15, 0.2) is 65.1 Å². The highest BCUT2D eigenvalue weighted by Crippen LogP contribution is 2.27. The molecule has 4 rings (SSSR count). The lowest BCUT2D eigenvalue weighted by Gasteiger charge is -2.08. The summed E-state index contributed by atoms with van der Waals surface area (Å²) in [5.41, 5.74) is 3.22. The van der Waals surface area contributed by atoms with Crippen molar-refractivity contribution < 1.29 is 4.42 Å². The second-order valence-corrected chi connectivity index (χ2v) is 5.98. The standard InChI is InChI=1S/C19H15ClN2O/c1-13-6-11-18(23-13)19-21-16-4-2-3-5-17(16)22(19)12-14-7-9-15(20)10-8-14/h2-11H,12H2,1H3. The number of rotatable bonds is 3. The van der Waals surface area contributed by atoms with Crippen LogP contribution >= 0.6 is 11.6 Å². The van der Waals surface area contributed by atoms with Crippen LogP contribution < -0.4 is 0 Å². The van der Waals surface area contributed by atoms with Gasteiger partial charge < -0.3 is 8.98 Å². The fourth-order valence-corrected chi connectivity index (χ4v) is 2.88. The summed E-state index contributed by atoms with van der Waals surface area (Å²) >= 11 is 5.98. The Balaban J connectivity index is 1.87. The lowest BCUT2D eigenvalue weighted by Crippen LogP contribution is -2.01. The molecule has 0 N–H and O–H groups in total. The number of hydrogen-bond acceptors (Lipinski definition) is 2. The van der Waals surface area contributed by atoms with Crippen LogP contribution in [0, 0.1) is 6.92 Å². The highest BCUT2D eigenvalue weighted by atomic mass is 35.5. The normalized spacial score (nSPS) is 11.2. The summed E-state index contributed by atoms with van der Waals surface area (Å²) in [6, 6.07) is 19.9. The first-order valence-electron chi connectivity index (χ1n) is 7.47. The Morgan fingerprint density at radius 3 is 2.52 bits per heavy atom. The topological polar surface area (TPSA) is 31.0 Å². The molecule has 23 heavy (non-hydrogen) atoms. The molecule has 0 saturated carbocycles. The summed E-state index contributed by atoms with van der Waals surface area (Å²) < 4.78 is 7.97. The predicted octanol–water partition coefficient (Wildman–Crippen LogP) is 5.31. The smallest absolute Gasteiger partial charge is 0.177 e. The molecule has 0 saturated heterocycles. The van der Waals surface area contributed by atoms with Gasteiger partial charge >= 0.3 is 0 Å². The van der Waals surface area contributed by atoms with Crippen LogP contribution in [0.4, 0.5) is 0 Å². The number of benzene rings is 2. The summed E-state index contributed by atoms with van der Waals surface area (Å²) in [7, 11) is 0. The first-order valence-corrected chi connectivity index (χ1v) is 7.85. The minimum Gasteiger partial charge on any atom is -0.458 e. The van der Waals surface area contributed by atoms with Crippen molar-refractivity contribution in [3.05, 3.63) is 77.0 Å². The van der Waals surface area contributed by atoms with Gasteiger partial charge in [0.25, 0.3) is 0 Å². The molecule has 0 spiro atoms. The number of halogens is 1. The molecule has 0 atom stereocenters. The molecule has 4 aromatic rings. The van der Waals surface area contributed by atoms with E-state index in [9.17, 15) is 0 Å². The number of aromatic nitrogens is 2. The van der Waals surface area contributed by atoms with E-state index < -0.39 is 0 Å². The Bertz CT molecular complexity index is 967. The van der Waals surface area contributed by atoms with Crippen LogP contribution in [-0.4, -0.2) is 9.55 Å². The highest BCUT2D eigenvalue weighted by Gasteiger charge is 2.15. The first kappa shape index (κ1) is 14.1. The Labute approximate surface area is 139 Å². The van der Waals surface area contributed by atoms with Crippen molar-refractivity contribution in [2.45, 2.75) is 13.5 Å². The van der Waals surface area contributed by atoms with Gasteiger partial charge in [0, 0.05) is 11.6 Å². The molecular weight excluding hydrogens is 308 g/mol. The van der Waals surface area contributed by atoms with E-state index in [1.807, 2.05) is 61.5 Å². The van der Waals surface area contributed by atoms with E-state index in [1.165, 1.54) is 5.56 Å². The number of nitrogens with zero attached hydrogens (tertiary/aromatic N) is 2. The zero-order chi connectivity index (χ0) is 15.8. The Hall–Kier alpha value is -2.52. The molecule has 3 nitrogen and oxygen atoms in total. The maximum Gasteiger partial charge on any atom is 0.177 e. The van der Waals surface area contributed by atoms with E-state index in [2.05, 4.69) is 10.6 Å². The van der Waals surface area contributed by atoms with E-state index in [1.54, 1.807) is 0 Å². The average molecular weight is 323 g/mol. The summed E-state index contributed by atoms with van der Waals surface area (Å²) in [6.45, 7) is 2.66. The maximum absolute atomic E-state index is 5.98. The number of aryl methyl sites for hydroxylation is 1. The van der Waals surface area contributed by atoms with Crippen LogP contribution in [0.5, 0.6) is 0 Å². The molecule has 2 heterocycles. The summed E-state index contributed by atoms with van der Waals surface area (Å²) in [6.07, 6.45) is 0. The Kier molecular flexibility index (Phi) is 3.43. The molecule has 0 radical (unpaired) electrons. The second kappa shape index (κ2) is 5.60. The average Bonchev–Trinajstić information content (AvgIpc) is 3.14. The van der Waals surface area contributed by atoms with Crippen molar-refractivity contribution in [3.63, 3.8) is 0 Å². The number of furan rings is 1. The SMILES string of the molecule is Cc1ccc(-c2nc3ccccc3n2Cc2ccc(Cl)cc2)o1. The van der Waals surface area contributed by atoms with Gasteiger partial charge in [-0.1, -0.05) is 35.9 Å². The van der Waals surface area contributed by atoms with Crippen LogP contribution in [0.25, 0.3) is 22.6 Å². The zero-order valence-electron chi connectivity index (χ0n) is 12.7. The van der Waals surface area contributed by atoms with Crippen LogP contribution in [-0.2, 0) is 6.54 Å². The van der Waals surface area contributed by atoms with Crippen LogP contribution in [0.2, 0.25) is 5.02 Å². The molecule has 0 aliphatic rings. The van der Waals surface area contributed by atoms with E-state index in [-0.39, 0.29) is 0 Å². The first-order chi connectivity index (χ1) is 11.2. The molecule has 2 aromatic heterocycles. The molecule has 0 fully saturated rings. The van der Waals surface area contributed by atoms with E-state index in [0.717, 1.165) is 33.4 Å². The summed E-state index contributed by atoms with van der Waals surface area (Å²) in [5, 5.41) is 0.742. The summed E-state index contributed by atoms with van der Waals surface area (Å²) in [4.78, 5) is 4.75. The third kappa shape index (κ3) is 2.64. The molecule has 0 bridgehead atoms. The van der Waals surface area contributed by atoms with Crippen LogP contribution in [0.1, 0.15) is 11.3 Å². The lowest BCUT2D eigenvalue weighted by atomic mass is 10.2. The molecule has 4 heteroatoms. The molecular formula is C19H15ClN2O. The van der Waals surface area contributed by atoms with Gasteiger partial charge in [0.2, 0.25) is 0 Å². The summed E-state index contributed by atoms with van der Waals surface area (Å²) in [5.74, 6) is 2.51. The largest absolute Gasteiger partial charge is 0.458 e. The number of para-hydroxylation sites is 2. The fraction of sp³-hybridized carbons (Fsp3) is 0.105. The minimum atomic E-state index is 0.715. The Morgan fingerprint density at radius 2 is 1.78 bits per heavy atom. The van der Waals surface area contributed by atoms with Crippen molar-refractivity contribution in [2.24, 2.45) is 0 Å². The molecule has 0 aliphatic carbocycles. The van der Waals surface area contributed by atoms with Crippen LogP contribution in [0.3, 0.4) is 0 Å². The van der Waals surface area contributed by atoms with Gasteiger partial charge in [-0.3, -0.25) is 0 Å². The fourth-order valence-electron chi connectivity index (χ4n) is 2.75. The highest BCUT2D eigenvalue weighted by molar-refractivity contribution is 6.30. The quantitative estimate of drug-likeness (QED) is 0.512. The minimum absolute atomic E-state index is 0.715. The Morgan fingerprint density at radius 1 is 1.00 bits per heavy atom. The molecule has 0 aliphatic heterocycles. The van der Waals surface area contributed by atoms with Gasteiger partial charge in [0.15, 0.2) is 11.6 Å². The van der Waals surface area contributed by atoms with Gasteiger partial charge in [-0.25, -0.2) is 4.98 Å². The molecule has 0 amide bonds. The van der Waals surface area contributed by atoms with E-state index >= 15 is 0 Å². The van der Waals surface area contributed by atoms with Gasteiger partial charge in [0.05, 0.1) is 11.0 Å².